The Balaban J connectivity index is 2.12. The van der Waals surface area contributed by atoms with E-state index in [-0.39, 0.29) is 23.6 Å². The lowest BCUT2D eigenvalue weighted by Gasteiger charge is -2.25. The monoisotopic (exact) mass is 454 g/mol. The highest BCUT2D eigenvalue weighted by atomic mass is 16.6. The smallest absolute Gasteiger partial charge is 0.295 e. The molecule has 3 rings (SSSR count). The maximum Gasteiger partial charge on any atom is 0.295 e. The van der Waals surface area contributed by atoms with Gasteiger partial charge in [0.2, 0.25) is 0 Å². The van der Waals surface area contributed by atoms with Crippen LogP contribution in [-0.2, 0) is 14.3 Å². The number of ketones is 1. The largest absolute Gasteiger partial charge is 0.507 e. The molecule has 1 aliphatic heterocycles. The van der Waals surface area contributed by atoms with E-state index < -0.39 is 22.7 Å². The zero-order chi connectivity index (χ0) is 24.0. The van der Waals surface area contributed by atoms with E-state index in [0.717, 1.165) is 6.42 Å². The number of likely N-dealkylation sites (tertiary alicyclic amines) is 1. The Morgan fingerprint density at radius 2 is 1.91 bits per heavy atom. The second-order valence-corrected chi connectivity index (χ2v) is 7.57. The van der Waals surface area contributed by atoms with Gasteiger partial charge in [0.15, 0.2) is 0 Å². The van der Waals surface area contributed by atoms with Crippen LogP contribution in [-0.4, -0.2) is 53.5 Å². The van der Waals surface area contributed by atoms with Crippen LogP contribution in [0.25, 0.3) is 5.76 Å². The van der Waals surface area contributed by atoms with E-state index in [0.29, 0.717) is 36.5 Å². The van der Waals surface area contributed by atoms with Gasteiger partial charge in [-0.1, -0.05) is 31.2 Å². The molecule has 0 radical (unpaired) electrons. The lowest BCUT2D eigenvalue weighted by atomic mass is 9.95. The van der Waals surface area contributed by atoms with Crippen LogP contribution in [0, 0.1) is 10.1 Å². The number of rotatable bonds is 10. The molecule has 0 aromatic heterocycles. The summed E-state index contributed by atoms with van der Waals surface area (Å²) in [6, 6.07) is 11.4. The molecule has 1 fully saturated rings. The number of carbonyl (C=O) groups is 2. The molecule has 2 aromatic carbocycles. The van der Waals surface area contributed by atoms with Gasteiger partial charge < -0.3 is 19.5 Å². The van der Waals surface area contributed by atoms with E-state index in [1.54, 1.807) is 30.3 Å². The first-order valence-electron chi connectivity index (χ1n) is 10.6. The Morgan fingerprint density at radius 3 is 2.61 bits per heavy atom. The number of aliphatic hydroxyl groups is 1. The number of non-ortho nitro benzene ring substituents is 1. The quantitative estimate of drug-likeness (QED) is 0.145. The van der Waals surface area contributed by atoms with Gasteiger partial charge in [0.25, 0.3) is 17.4 Å². The number of hydrogen-bond acceptors (Lipinski definition) is 7. The number of amides is 1. The van der Waals surface area contributed by atoms with Crippen molar-refractivity contribution in [3.05, 3.63) is 75.3 Å². The number of nitro benzene ring substituents is 1. The fourth-order valence-corrected chi connectivity index (χ4v) is 3.75. The van der Waals surface area contributed by atoms with E-state index >= 15 is 0 Å². The van der Waals surface area contributed by atoms with Gasteiger partial charge in [0.05, 0.1) is 23.1 Å². The Kier molecular flexibility index (Phi) is 7.78. The van der Waals surface area contributed by atoms with Gasteiger partial charge in [0.1, 0.15) is 11.5 Å². The van der Waals surface area contributed by atoms with Crippen LogP contribution in [0.4, 0.5) is 5.69 Å². The van der Waals surface area contributed by atoms with Crippen LogP contribution in [0.5, 0.6) is 5.75 Å². The Hall–Kier alpha value is -3.72. The number of carbonyl (C=O) groups excluding carboxylic acids is 2. The van der Waals surface area contributed by atoms with E-state index in [1.165, 1.54) is 30.2 Å². The molecular weight excluding hydrogens is 428 g/mol. The van der Waals surface area contributed by atoms with Crippen molar-refractivity contribution in [1.29, 1.82) is 0 Å². The Labute approximate surface area is 191 Å². The number of Topliss-reactive ketones (excluding diaryl/α,β-unsaturated/α-hetero) is 1. The average molecular weight is 454 g/mol. The lowest BCUT2D eigenvalue weighted by molar-refractivity contribution is -0.384. The molecule has 2 aromatic rings. The molecule has 1 atom stereocenters. The molecule has 1 aliphatic rings. The predicted molar refractivity (Wildman–Crippen MR) is 121 cm³/mol. The molecule has 1 heterocycles. The summed E-state index contributed by atoms with van der Waals surface area (Å²) in [7, 11) is 1.53. The summed E-state index contributed by atoms with van der Waals surface area (Å²) < 4.78 is 10.7. The third kappa shape index (κ3) is 5.20. The first-order chi connectivity index (χ1) is 15.9. The highest BCUT2D eigenvalue weighted by Crippen LogP contribution is 2.40. The second kappa shape index (κ2) is 10.7. The van der Waals surface area contributed by atoms with Crippen molar-refractivity contribution < 1.29 is 29.1 Å². The highest BCUT2D eigenvalue weighted by molar-refractivity contribution is 6.46. The first kappa shape index (κ1) is 23.9. The van der Waals surface area contributed by atoms with E-state index in [1.807, 2.05) is 6.92 Å². The summed E-state index contributed by atoms with van der Waals surface area (Å²) in [5, 5.41) is 22.4. The normalized spacial score (nSPS) is 17.4. The number of benzene rings is 2. The third-order valence-electron chi connectivity index (χ3n) is 5.26. The summed E-state index contributed by atoms with van der Waals surface area (Å²) in [5.74, 6) is -1.47. The third-order valence-corrected chi connectivity index (χ3v) is 5.26. The number of hydrogen-bond donors (Lipinski definition) is 1. The van der Waals surface area contributed by atoms with Crippen molar-refractivity contribution in [3.63, 3.8) is 0 Å². The number of nitrogens with zero attached hydrogens (tertiary/aromatic N) is 2. The van der Waals surface area contributed by atoms with Gasteiger partial charge in [-0.05, 0) is 30.5 Å². The number of methoxy groups -OCH3 is 1. The van der Waals surface area contributed by atoms with Crippen LogP contribution in [0.2, 0.25) is 0 Å². The summed E-state index contributed by atoms with van der Waals surface area (Å²) in [4.78, 5) is 38.0. The van der Waals surface area contributed by atoms with Crippen molar-refractivity contribution in [2.75, 3.05) is 26.9 Å². The number of ether oxygens (including phenoxy) is 2. The van der Waals surface area contributed by atoms with Gasteiger partial charge in [-0.15, -0.1) is 0 Å². The first-order valence-corrected chi connectivity index (χ1v) is 10.6. The highest BCUT2D eigenvalue weighted by Gasteiger charge is 2.46. The molecule has 1 amide bonds. The Bertz CT molecular complexity index is 1080. The molecular formula is C24H26N2O7. The zero-order valence-electron chi connectivity index (χ0n) is 18.5. The molecule has 0 aliphatic carbocycles. The molecule has 33 heavy (non-hydrogen) atoms. The van der Waals surface area contributed by atoms with E-state index in [4.69, 9.17) is 9.47 Å². The van der Waals surface area contributed by atoms with Gasteiger partial charge >= 0.3 is 0 Å². The van der Waals surface area contributed by atoms with E-state index in [2.05, 4.69) is 0 Å². The van der Waals surface area contributed by atoms with Gasteiger partial charge in [-0.2, -0.15) is 0 Å². The minimum Gasteiger partial charge on any atom is -0.507 e. The molecule has 1 unspecified atom stereocenters. The van der Waals surface area contributed by atoms with Gasteiger partial charge in [0, 0.05) is 38.0 Å². The van der Waals surface area contributed by atoms with Crippen molar-refractivity contribution in [1.82, 2.24) is 4.90 Å². The van der Waals surface area contributed by atoms with Crippen LogP contribution < -0.4 is 4.74 Å². The molecule has 1 saturated heterocycles. The van der Waals surface area contributed by atoms with Gasteiger partial charge in [-0.25, -0.2) is 0 Å². The summed E-state index contributed by atoms with van der Waals surface area (Å²) >= 11 is 0. The van der Waals surface area contributed by atoms with E-state index in [9.17, 15) is 24.8 Å². The standard InChI is InChI=1S/C24H26N2O7/c1-3-12-33-19-10-5-8-17(15-19)22(27)20-21(16-7-4-9-18(14-16)26(30)31)25(11-6-13-32-2)24(29)23(20)28/h4-5,7-10,14-15,21,27H,3,6,11-13H2,1-2H3/b22-20+. The fourth-order valence-electron chi connectivity index (χ4n) is 3.75. The minimum atomic E-state index is -0.970. The summed E-state index contributed by atoms with van der Waals surface area (Å²) in [6.45, 7) is 3.00. The summed E-state index contributed by atoms with van der Waals surface area (Å²) in [5.41, 5.74) is 0.380. The second-order valence-electron chi connectivity index (χ2n) is 7.57. The zero-order valence-corrected chi connectivity index (χ0v) is 18.5. The molecule has 1 N–H and O–H groups in total. The van der Waals surface area contributed by atoms with Crippen LogP contribution in [0.3, 0.4) is 0 Å². The number of aliphatic hydroxyl groups excluding tert-OH is 1. The SMILES string of the molecule is CCCOc1cccc(/C(O)=C2\C(=O)C(=O)N(CCCOC)C2c2cccc([N+](=O)[O-])c2)c1. The van der Waals surface area contributed by atoms with Gasteiger partial charge in [-0.3, -0.25) is 19.7 Å². The van der Waals surface area contributed by atoms with Crippen LogP contribution in [0.1, 0.15) is 36.9 Å². The maximum absolute atomic E-state index is 13.0. The topological polar surface area (TPSA) is 119 Å². The average Bonchev–Trinajstić information content (AvgIpc) is 3.07. The molecule has 0 bridgehead atoms. The fraction of sp³-hybridized carbons (Fsp3) is 0.333. The molecule has 9 heteroatoms. The minimum absolute atomic E-state index is 0.120. The summed E-state index contributed by atoms with van der Waals surface area (Å²) in [6.07, 6.45) is 1.25. The van der Waals surface area contributed by atoms with Crippen molar-refractivity contribution in [2.45, 2.75) is 25.8 Å². The molecule has 0 spiro atoms. The molecule has 9 nitrogen and oxygen atoms in total. The van der Waals surface area contributed by atoms with Crippen LogP contribution in [0.15, 0.2) is 54.1 Å². The van der Waals surface area contributed by atoms with Crippen molar-refractivity contribution in [3.8, 4) is 5.75 Å². The Morgan fingerprint density at radius 1 is 1.15 bits per heavy atom. The number of nitro groups is 1. The maximum atomic E-state index is 13.0. The van der Waals surface area contributed by atoms with Crippen LogP contribution >= 0.6 is 0 Å². The van der Waals surface area contributed by atoms with Crippen molar-refractivity contribution >= 4 is 23.1 Å². The molecule has 174 valence electrons. The molecule has 0 saturated carbocycles. The predicted octanol–water partition coefficient (Wildman–Crippen LogP) is 3.84. The van der Waals surface area contributed by atoms with Crippen molar-refractivity contribution in [2.24, 2.45) is 0 Å². The lowest BCUT2D eigenvalue weighted by Crippen LogP contribution is -2.31.